The molecule has 1 heterocycles. The standard InChI is InChI=1S/C28H27NO5S/c1-5-34-28(31)26-25(20-13-14-22(32-3)23(15-20)33-4)17(2)35-27(26)29-24(30)16-19-11-8-10-18-9-6-7-12-21(18)19/h6-15H,5,16H2,1-4H3,(H,29,30). The molecule has 1 N–H and O–H groups in total. The number of fused-ring (bicyclic) bond motifs is 1. The van der Waals surface area contributed by atoms with Gasteiger partial charge in [-0.25, -0.2) is 4.79 Å². The zero-order chi connectivity index (χ0) is 24.9. The van der Waals surface area contributed by atoms with E-state index in [9.17, 15) is 9.59 Å². The second-order valence-electron chi connectivity index (χ2n) is 7.89. The molecule has 7 heteroatoms. The Morgan fingerprint density at radius 3 is 2.43 bits per heavy atom. The van der Waals surface area contributed by atoms with Gasteiger partial charge in [0.05, 0.1) is 27.2 Å². The van der Waals surface area contributed by atoms with Crippen LogP contribution in [0.25, 0.3) is 21.9 Å². The molecule has 1 aromatic heterocycles. The van der Waals surface area contributed by atoms with Gasteiger partial charge in [0.15, 0.2) is 11.5 Å². The third kappa shape index (κ3) is 5.00. The number of hydrogen-bond donors (Lipinski definition) is 1. The Hall–Kier alpha value is -3.84. The van der Waals surface area contributed by atoms with Crippen LogP contribution in [0.3, 0.4) is 0 Å². The number of rotatable bonds is 8. The summed E-state index contributed by atoms with van der Waals surface area (Å²) in [5.41, 5.74) is 2.74. The average molecular weight is 490 g/mol. The first kappa shape index (κ1) is 24.3. The summed E-state index contributed by atoms with van der Waals surface area (Å²) < 4.78 is 16.2. The number of amides is 1. The Balaban J connectivity index is 1.71. The van der Waals surface area contributed by atoms with Gasteiger partial charge in [0, 0.05) is 10.4 Å². The number of carbonyl (C=O) groups excluding carboxylic acids is 2. The van der Waals surface area contributed by atoms with Gasteiger partial charge >= 0.3 is 5.97 Å². The molecule has 0 fully saturated rings. The molecule has 0 aliphatic heterocycles. The highest BCUT2D eigenvalue weighted by molar-refractivity contribution is 7.17. The van der Waals surface area contributed by atoms with Gasteiger partial charge in [0.25, 0.3) is 0 Å². The molecule has 4 aromatic rings. The molecule has 6 nitrogen and oxygen atoms in total. The maximum atomic E-state index is 13.1. The van der Waals surface area contributed by atoms with Crippen molar-refractivity contribution in [2.24, 2.45) is 0 Å². The predicted octanol–water partition coefficient (Wildman–Crippen LogP) is 6.25. The molecule has 180 valence electrons. The molecule has 0 bridgehead atoms. The summed E-state index contributed by atoms with van der Waals surface area (Å²) in [6.45, 7) is 3.90. The van der Waals surface area contributed by atoms with Crippen molar-refractivity contribution in [1.29, 1.82) is 0 Å². The lowest BCUT2D eigenvalue weighted by atomic mass is 10.0. The summed E-state index contributed by atoms with van der Waals surface area (Å²) in [7, 11) is 3.13. The largest absolute Gasteiger partial charge is 0.493 e. The third-order valence-electron chi connectivity index (χ3n) is 5.72. The number of esters is 1. The SMILES string of the molecule is CCOC(=O)c1c(NC(=O)Cc2cccc3ccccc23)sc(C)c1-c1ccc(OC)c(OC)c1. The van der Waals surface area contributed by atoms with Gasteiger partial charge in [0.2, 0.25) is 5.91 Å². The highest BCUT2D eigenvalue weighted by atomic mass is 32.1. The Morgan fingerprint density at radius 2 is 1.69 bits per heavy atom. The Morgan fingerprint density at radius 1 is 0.943 bits per heavy atom. The minimum absolute atomic E-state index is 0.187. The molecular weight excluding hydrogens is 462 g/mol. The lowest BCUT2D eigenvalue weighted by Crippen LogP contribution is -2.16. The van der Waals surface area contributed by atoms with Crippen LogP contribution < -0.4 is 14.8 Å². The van der Waals surface area contributed by atoms with Crippen LogP contribution in [0, 0.1) is 6.92 Å². The van der Waals surface area contributed by atoms with Crippen molar-refractivity contribution in [2.45, 2.75) is 20.3 Å². The maximum Gasteiger partial charge on any atom is 0.341 e. The molecule has 0 spiro atoms. The van der Waals surface area contributed by atoms with Crippen LogP contribution in [0.4, 0.5) is 5.00 Å². The fourth-order valence-corrected chi connectivity index (χ4v) is 5.24. The van der Waals surface area contributed by atoms with E-state index in [4.69, 9.17) is 14.2 Å². The van der Waals surface area contributed by atoms with Crippen molar-refractivity contribution in [2.75, 3.05) is 26.1 Å². The van der Waals surface area contributed by atoms with Gasteiger partial charge in [-0.3, -0.25) is 4.79 Å². The summed E-state index contributed by atoms with van der Waals surface area (Å²) in [5, 5.41) is 5.54. The number of nitrogens with one attached hydrogen (secondary N) is 1. The van der Waals surface area contributed by atoms with E-state index in [1.165, 1.54) is 11.3 Å². The van der Waals surface area contributed by atoms with Crippen LogP contribution in [0.1, 0.15) is 27.7 Å². The van der Waals surface area contributed by atoms with Gasteiger partial charge in [-0.2, -0.15) is 0 Å². The van der Waals surface area contributed by atoms with Crippen molar-refractivity contribution >= 4 is 39.0 Å². The highest BCUT2D eigenvalue weighted by Gasteiger charge is 2.26. The molecule has 1 amide bonds. The first-order chi connectivity index (χ1) is 17.0. The second-order valence-corrected chi connectivity index (χ2v) is 9.12. The van der Waals surface area contributed by atoms with Crippen LogP contribution in [-0.2, 0) is 16.0 Å². The smallest absolute Gasteiger partial charge is 0.341 e. The molecule has 0 atom stereocenters. The fraction of sp³-hybridized carbons (Fsp3) is 0.214. The first-order valence-electron chi connectivity index (χ1n) is 11.3. The van der Waals surface area contributed by atoms with Gasteiger partial charge in [0.1, 0.15) is 10.6 Å². The van der Waals surface area contributed by atoms with E-state index in [-0.39, 0.29) is 18.9 Å². The lowest BCUT2D eigenvalue weighted by Gasteiger charge is -2.12. The highest BCUT2D eigenvalue weighted by Crippen LogP contribution is 2.43. The number of thiophene rings is 1. The number of anilines is 1. The second kappa shape index (κ2) is 10.6. The minimum Gasteiger partial charge on any atom is -0.493 e. The minimum atomic E-state index is -0.484. The molecule has 0 unspecified atom stereocenters. The molecule has 4 rings (SSSR count). The number of carbonyl (C=O) groups is 2. The van der Waals surface area contributed by atoms with Crippen LogP contribution in [0.5, 0.6) is 11.5 Å². The number of aryl methyl sites for hydroxylation is 1. The number of methoxy groups -OCH3 is 2. The Kier molecular flexibility index (Phi) is 7.36. The summed E-state index contributed by atoms with van der Waals surface area (Å²) in [5.74, 6) is 0.450. The fourth-order valence-electron chi connectivity index (χ4n) is 4.16. The predicted molar refractivity (Wildman–Crippen MR) is 140 cm³/mol. The molecule has 0 radical (unpaired) electrons. The van der Waals surface area contributed by atoms with Crippen molar-refractivity contribution in [3.05, 3.63) is 76.7 Å². The zero-order valence-corrected chi connectivity index (χ0v) is 21.0. The average Bonchev–Trinajstić information content (AvgIpc) is 3.19. The summed E-state index contributed by atoms with van der Waals surface area (Å²) in [4.78, 5) is 27.0. The van der Waals surface area contributed by atoms with E-state index in [0.29, 0.717) is 27.6 Å². The molecule has 0 saturated heterocycles. The van der Waals surface area contributed by atoms with Crippen molar-refractivity contribution in [3.8, 4) is 22.6 Å². The summed E-state index contributed by atoms with van der Waals surface area (Å²) >= 11 is 1.35. The van der Waals surface area contributed by atoms with Gasteiger partial charge in [-0.05, 0) is 47.9 Å². The van der Waals surface area contributed by atoms with Gasteiger partial charge in [-0.1, -0.05) is 48.5 Å². The summed E-state index contributed by atoms with van der Waals surface area (Å²) in [6.07, 6.45) is 0.187. The zero-order valence-electron chi connectivity index (χ0n) is 20.1. The van der Waals surface area contributed by atoms with E-state index in [1.807, 2.05) is 61.5 Å². The summed E-state index contributed by atoms with van der Waals surface area (Å²) in [6, 6.07) is 19.3. The molecule has 35 heavy (non-hydrogen) atoms. The number of benzene rings is 3. The van der Waals surface area contributed by atoms with Crippen molar-refractivity contribution in [1.82, 2.24) is 0 Å². The lowest BCUT2D eigenvalue weighted by molar-refractivity contribution is -0.115. The van der Waals surface area contributed by atoms with Gasteiger partial charge in [-0.15, -0.1) is 11.3 Å². The van der Waals surface area contributed by atoms with Crippen molar-refractivity contribution < 1.29 is 23.8 Å². The topological polar surface area (TPSA) is 73.9 Å². The third-order valence-corrected chi connectivity index (χ3v) is 6.74. The Labute approximate surface area is 208 Å². The monoisotopic (exact) mass is 489 g/mol. The van der Waals surface area contributed by atoms with Gasteiger partial charge < -0.3 is 19.5 Å². The van der Waals surface area contributed by atoms with E-state index in [2.05, 4.69) is 5.32 Å². The van der Waals surface area contributed by atoms with Crippen LogP contribution in [-0.4, -0.2) is 32.7 Å². The van der Waals surface area contributed by atoms with E-state index >= 15 is 0 Å². The normalized spacial score (nSPS) is 10.7. The van der Waals surface area contributed by atoms with E-state index in [1.54, 1.807) is 27.2 Å². The van der Waals surface area contributed by atoms with Crippen LogP contribution in [0.2, 0.25) is 0 Å². The molecule has 3 aromatic carbocycles. The quantitative estimate of drug-likeness (QED) is 0.296. The Bertz CT molecular complexity index is 1390. The van der Waals surface area contributed by atoms with Crippen molar-refractivity contribution in [3.63, 3.8) is 0 Å². The van der Waals surface area contributed by atoms with E-state index < -0.39 is 5.97 Å². The molecule has 0 saturated carbocycles. The van der Waals surface area contributed by atoms with Crippen LogP contribution >= 0.6 is 11.3 Å². The first-order valence-corrected chi connectivity index (χ1v) is 12.1. The molecular formula is C28H27NO5S. The number of ether oxygens (including phenoxy) is 3. The number of hydrogen-bond acceptors (Lipinski definition) is 6. The maximum absolute atomic E-state index is 13.1. The molecule has 0 aliphatic carbocycles. The van der Waals surface area contributed by atoms with Crippen LogP contribution in [0.15, 0.2) is 60.7 Å². The van der Waals surface area contributed by atoms with E-state index in [0.717, 1.165) is 26.8 Å². The molecule has 0 aliphatic rings.